The molecule has 1 aromatic carbocycles. The Balaban J connectivity index is 2.00. The number of benzene rings is 1. The summed E-state index contributed by atoms with van der Waals surface area (Å²) in [5, 5.41) is 9.65. The molecule has 0 amide bonds. The third-order valence-electron chi connectivity index (χ3n) is 3.37. The Morgan fingerprint density at radius 1 is 1.33 bits per heavy atom. The van der Waals surface area contributed by atoms with Crippen molar-refractivity contribution in [2.75, 3.05) is 19.7 Å². The number of morpholine rings is 1. The molecule has 0 aliphatic carbocycles. The van der Waals surface area contributed by atoms with E-state index >= 15 is 0 Å². The molecule has 0 saturated carbocycles. The first-order valence-corrected chi connectivity index (χ1v) is 7.75. The van der Waals surface area contributed by atoms with Gasteiger partial charge in [-0.15, -0.1) is 0 Å². The summed E-state index contributed by atoms with van der Waals surface area (Å²) in [6.07, 6.45) is 0.271. The molecular weight excluding hydrogens is 298 g/mol. The maximum Gasteiger partial charge on any atom is 0.334 e. The molecule has 1 unspecified atom stereocenters. The molecule has 21 heavy (non-hydrogen) atoms. The molecule has 7 nitrogen and oxygen atoms in total. The van der Waals surface area contributed by atoms with Gasteiger partial charge in [-0.3, -0.25) is 0 Å². The average Bonchev–Trinajstić information content (AvgIpc) is 2.95. The molecule has 1 saturated heterocycles. The Morgan fingerprint density at radius 3 is 2.90 bits per heavy atom. The van der Waals surface area contributed by atoms with Gasteiger partial charge in [0.25, 0.3) is 0 Å². The monoisotopic (exact) mass is 311 g/mol. The first-order valence-electron chi connectivity index (χ1n) is 6.31. The van der Waals surface area contributed by atoms with Crippen LogP contribution in [0.3, 0.4) is 0 Å². The highest BCUT2D eigenvalue weighted by Gasteiger charge is 2.35. The van der Waals surface area contributed by atoms with E-state index in [1.807, 2.05) is 0 Å². The summed E-state index contributed by atoms with van der Waals surface area (Å²) >= 11 is 0. The largest absolute Gasteiger partial charge is 0.479 e. The number of carboxylic acid groups (broad SMARTS) is 1. The predicted molar refractivity (Wildman–Crippen MR) is 72.3 cm³/mol. The Hall–Kier alpha value is -1.90. The maximum atomic E-state index is 12.7. The molecule has 0 radical (unpaired) electrons. The summed E-state index contributed by atoms with van der Waals surface area (Å²) < 4.78 is 36.8. The number of rotatable bonds is 3. The Bertz CT molecular complexity index is 781. The van der Waals surface area contributed by atoms with Crippen molar-refractivity contribution in [3.05, 3.63) is 30.5 Å². The zero-order valence-corrected chi connectivity index (χ0v) is 11.7. The Morgan fingerprint density at radius 2 is 2.14 bits per heavy atom. The third kappa shape index (κ3) is 2.41. The van der Waals surface area contributed by atoms with Crippen molar-refractivity contribution in [2.24, 2.45) is 0 Å². The van der Waals surface area contributed by atoms with Gasteiger partial charge >= 0.3 is 5.97 Å². The number of aliphatic carboxylic acids is 1. The van der Waals surface area contributed by atoms with Crippen molar-refractivity contribution in [1.29, 1.82) is 0 Å². The lowest BCUT2D eigenvalue weighted by Crippen LogP contribution is -2.48. The lowest BCUT2D eigenvalue weighted by molar-refractivity contribution is -0.153. The van der Waals surface area contributed by atoms with Crippen LogP contribution in [0.15, 0.2) is 39.8 Å². The topological polar surface area (TPSA) is 97.1 Å². The summed E-state index contributed by atoms with van der Waals surface area (Å²) in [6.45, 7) is -0.0533. The average molecular weight is 311 g/mol. The molecule has 1 aliphatic heterocycles. The molecule has 0 bridgehead atoms. The number of sulfonamides is 1. The number of carbonyl (C=O) groups is 1. The van der Waals surface area contributed by atoms with Crippen molar-refractivity contribution in [3.8, 4) is 0 Å². The van der Waals surface area contributed by atoms with E-state index in [-0.39, 0.29) is 30.2 Å². The number of ether oxygens (including phenoxy) is 1. The summed E-state index contributed by atoms with van der Waals surface area (Å²) in [5.74, 6) is -1.17. The van der Waals surface area contributed by atoms with Gasteiger partial charge in [0.05, 0.1) is 19.4 Å². The van der Waals surface area contributed by atoms with E-state index in [1.54, 1.807) is 18.2 Å². The second kappa shape index (κ2) is 5.14. The second-order valence-corrected chi connectivity index (χ2v) is 6.56. The normalized spacial score (nSPS) is 20.7. The Labute approximate surface area is 120 Å². The highest BCUT2D eigenvalue weighted by Crippen LogP contribution is 2.27. The molecule has 2 aromatic rings. The van der Waals surface area contributed by atoms with E-state index in [2.05, 4.69) is 0 Å². The van der Waals surface area contributed by atoms with Crippen LogP contribution in [0.25, 0.3) is 11.0 Å². The number of hydrogen-bond donors (Lipinski definition) is 1. The molecule has 1 N–H and O–H groups in total. The van der Waals surface area contributed by atoms with Crippen LogP contribution in [-0.4, -0.2) is 49.6 Å². The summed E-state index contributed by atoms with van der Waals surface area (Å²) in [7, 11) is -3.83. The van der Waals surface area contributed by atoms with Crippen molar-refractivity contribution in [2.45, 2.75) is 11.0 Å². The number of nitrogens with zero attached hydrogens (tertiary/aromatic N) is 1. The van der Waals surface area contributed by atoms with Crippen LogP contribution in [-0.2, 0) is 19.6 Å². The van der Waals surface area contributed by atoms with Crippen LogP contribution in [0.5, 0.6) is 0 Å². The lowest BCUT2D eigenvalue weighted by Gasteiger charge is -2.29. The van der Waals surface area contributed by atoms with E-state index in [9.17, 15) is 13.2 Å². The van der Waals surface area contributed by atoms with Crippen LogP contribution in [0, 0.1) is 0 Å². The molecule has 1 aromatic heterocycles. The van der Waals surface area contributed by atoms with E-state index in [4.69, 9.17) is 14.3 Å². The van der Waals surface area contributed by atoms with E-state index < -0.39 is 22.1 Å². The molecule has 1 aliphatic rings. The highest BCUT2D eigenvalue weighted by molar-refractivity contribution is 7.89. The van der Waals surface area contributed by atoms with Gasteiger partial charge < -0.3 is 14.3 Å². The van der Waals surface area contributed by atoms with Crippen molar-refractivity contribution < 1.29 is 27.5 Å². The number of para-hydroxylation sites is 1. The maximum absolute atomic E-state index is 12.7. The zero-order chi connectivity index (χ0) is 15.0. The van der Waals surface area contributed by atoms with Gasteiger partial charge in [-0.25, -0.2) is 13.2 Å². The van der Waals surface area contributed by atoms with Crippen molar-refractivity contribution in [3.63, 3.8) is 0 Å². The third-order valence-corrected chi connectivity index (χ3v) is 5.25. The molecule has 1 fully saturated rings. The van der Waals surface area contributed by atoms with Gasteiger partial charge in [0.2, 0.25) is 10.0 Å². The first-order chi connectivity index (χ1) is 10.00. The quantitative estimate of drug-likeness (QED) is 0.905. The van der Waals surface area contributed by atoms with Gasteiger partial charge in [0.15, 0.2) is 11.7 Å². The summed E-state index contributed by atoms with van der Waals surface area (Å²) in [6, 6.07) is 6.50. The highest BCUT2D eigenvalue weighted by atomic mass is 32.2. The van der Waals surface area contributed by atoms with Gasteiger partial charge in [-0.1, -0.05) is 12.1 Å². The van der Waals surface area contributed by atoms with Gasteiger partial charge in [0, 0.05) is 11.9 Å². The van der Waals surface area contributed by atoms with Gasteiger partial charge in [0.1, 0.15) is 4.90 Å². The minimum atomic E-state index is -3.83. The minimum Gasteiger partial charge on any atom is -0.479 e. The fourth-order valence-corrected chi connectivity index (χ4v) is 3.88. The standard InChI is InChI=1S/C13H13NO6S/c15-13(16)10-8-14(5-7-19-10)21(17,18)11-3-1-2-9-4-6-20-12(9)11/h1-4,6,10H,5,7-8H2,(H,15,16). The number of furan rings is 1. The number of carboxylic acids is 1. The molecule has 3 rings (SSSR count). The smallest absolute Gasteiger partial charge is 0.334 e. The number of fused-ring (bicyclic) bond motifs is 1. The van der Waals surface area contributed by atoms with Crippen LogP contribution in [0.4, 0.5) is 0 Å². The van der Waals surface area contributed by atoms with Crippen LogP contribution in [0.1, 0.15) is 0 Å². The van der Waals surface area contributed by atoms with E-state index in [1.165, 1.54) is 12.3 Å². The second-order valence-electron chi connectivity index (χ2n) is 4.66. The van der Waals surface area contributed by atoms with Crippen LogP contribution in [0.2, 0.25) is 0 Å². The van der Waals surface area contributed by atoms with Gasteiger partial charge in [-0.05, 0) is 12.1 Å². The first kappa shape index (κ1) is 14.1. The molecule has 112 valence electrons. The molecule has 1 atom stereocenters. The molecule has 8 heteroatoms. The Kier molecular flexibility index (Phi) is 3.44. The fourth-order valence-electron chi connectivity index (χ4n) is 2.30. The fraction of sp³-hybridized carbons (Fsp3) is 0.308. The van der Waals surface area contributed by atoms with Crippen LogP contribution < -0.4 is 0 Å². The number of hydrogen-bond acceptors (Lipinski definition) is 5. The predicted octanol–water partition coefficient (Wildman–Crippen LogP) is 0.907. The lowest BCUT2D eigenvalue weighted by atomic mass is 10.3. The minimum absolute atomic E-state index is 0.0380. The van der Waals surface area contributed by atoms with Crippen molar-refractivity contribution >= 4 is 27.0 Å². The van der Waals surface area contributed by atoms with E-state index in [0.29, 0.717) is 5.39 Å². The van der Waals surface area contributed by atoms with Gasteiger partial charge in [-0.2, -0.15) is 4.31 Å². The summed E-state index contributed by atoms with van der Waals surface area (Å²) in [5.41, 5.74) is 0.274. The van der Waals surface area contributed by atoms with Crippen LogP contribution >= 0.6 is 0 Å². The molecule has 2 heterocycles. The zero-order valence-electron chi connectivity index (χ0n) is 10.9. The SMILES string of the molecule is O=C(O)C1CN(S(=O)(=O)c2cccc3ccoc23)CCO1. The molecular formula is C13H13NO6S. The summed E-state index contributed by atoms with van der Waals surface area (Å²) in [4.78, 5) is 11.0. The van der Waals surface area contributed by atoms with Crippen molar-refractivity contribution in [1.82, 2.24) is 4.31 Å². The molecule has 0 spiro atoms. The van der Waals surface area contributed by atoms with E-state index in [0.717, 1.165) is 4.31 Å².